The molecule has 5 heteroatoms. The highest BCUT2D eigenvalue weighted by atomic mass is 16.5. The van der Waals surface area contributed by atoms with Crippen LogP contribution < -0.4 is 5.32 Å². The summed E-state index contributed by atoms with van der Waals surface area (Å²) in [5, 5.41) is 9.70. The molecule has 0 spiro atoms. The fourth-order valence-electron chi connectivity index (χ4n) is 0.970. The number of likely N-dealkylation sites (N-methyl/N-ethyl adjacent to an activating group) is 1. The molecular weight excluding hydrogens is 168 g/mol. The van der Waals surface area contributed by atoms with Gasteiger partial charge in [-0.1, -0.05) is 0 Å². The first-order chi connectivity index (χ1) is 6.24. The number of H-pyrrole nitrogens is 1. The van der Waals surface area contributed by atoms with Crippen LogP contribution in [-0.2, 0) is 4.74 Å². The quantitative estimate of drug-likeness (QED) is 0.699. The standard InChI is InChI=1S/C8H16N4O/c1-6(2)13-4-7(9-3)8-10-5-11-12-8/h5-7,9H,4H2,1-3H3,(H,10,11,12). The van der Waals surface area contributed by atoms with Crippen LogP contribution in [0.15, 0.2) is 6.33 Å². The molecule has 0 saturated carbocycles. The average molecular weight is 184 g/mol. The molecule has 5 nitrogen and oxygen atoms in total. The fraction of sp³-hybridized carbons (Fsp3) is 0.750. The number of nitrogens with zero attached hydrogens (tertiary/aromatic N) is 2. The number of ether oxygens (including phenoxy) is 1. The van der Waals surface area contributed by atoms with Gasteiger partial charge in [0.15, 0.2) is 0 Å². The van der Waals surface area contributed by atoms with Crippen LogP contribution in [0.2, 0.25) is 0 Å². The highest BCUT2D eigenvalue weighted by Gasteiger charge is 2.12. The molecule has 1 aromatic rings. The normalized spacial score (nSPS) is 13.5. The lowest BCUT2D eigenvalue weighted by Crippen LogP contribution is -2.24. The monoisotopic (exact) mass is 184 g/mol. The maximum atomic E-state index is 5.47. The molecule has 0 aliphatic rings. The molecule has 0 aliphatic carbocycles. The minimum atomic E-state index is 0.0879. The van der Waals surface area contributed by atoms with Crippen LogP contribution in [0.4, 0.5) is 0 Å². The third-order valence-corrected chi connectivity index (χ3v) is 1.71. The second-order valence-corrected chi connectivity index (χ2v) is 3.09. The Morgan fingerprint density at radius 3 is 2.85 bits per heavy atom. The second kappa shape index (κ2) is 4.94. The van der Waals surface area contributed by atoms with E-state index < -0.39 is 0 Å². The molecule has 0 radical (unpaired) electrons. The first kappa shape index (κ1) is 10.1. The lowest BCUT2D eigenvalue weighted by Gasteiger charge is -2.15. The van der Waals surface area contributed by atoms with Crippen molar-refractivity contribution in [2.45, 2.75) is 26.0 Å². The van der Waals surface area contributed by atoms with Crippen LogP contribution in [0.1, 0.15) is 25.7 Å². The van der Waals surface area contributed by atoms with Gasteiger partial charge in [0.25, 0.3) is 0 Å². The third-order valence-electron chi connectivity index (χ3n) is 1.71. The van der Waals surface area contributed by atoms with Gasteiger partial charge in [-0.2, -0.15) is 5.10 Å². The van der Waals surface area contributed by atoms with Crippen LogP contribution in [0.3, 0.4) is 0 Å². The van der Waals surface area contributed by atoms with E-state index in [-0.39, 0.29) is 12.1 Å². The van der Waals surface area contributed by atoms with E-state index in [4.69, 9.17) is 4.74 Å². The van der Waals surface area contributed by atoms with Crippen LogP contribution >= 0.6 is 0 Å². The van der Waals surface area contributed by atoms with E-state index in [1.165, 1.54) is 6.33 Å². The van der Waals surface area contributed by atoms with Crippen molar-refractivity contribution in [3.05, 3.63) is 12.2 Å². The Morgan fingerprint density at radius 1 is 1.62 bits per heavy atom. The third kappa shape index (κ3) is 3.12. The van der Waals surface area contributed by atoms with E-state index >= 15 is 0 Å². The molecule has 0 bridgehead atoms. The van der Waals surface area contributed by atoms with Gasteiger partial charge in [0.2, 0.25) is 0 Å². The molecular formula is C8H16N4O. The lowest BCUT2D eigenvalue weighted by molar-refractivity contribution is 0.0611. The summed E-state index contributed by atoms with van der Waals surface area (Å²) in [4.78, 5) is 4.06. The number of aromatic amines is 1. The average Bonchev–Trinajstić information content (AvgIpc) is 2.58. The molecule has 0 saturated heterocycles. The minimum absolute atomic E-state index is 0.0879. The number of rotatable bonds is 5. The summed E-state index contributed by atoms with van der Waals surface area (Å²) in [5.41, 5.74) is 0. The highest BCUT2D eigenvalue weighted by Crippen LogP contribution is 2.06. The summed E-state index contributed by atoms with van der Waals surface area (Å²) < 4.78 is 5.47. The predicted octanol–water partition coefficient (Wildman–Crippen LogP) is 0.490. The maximum Gasteiger partial charge on any atom is 0.143 e. The van der Waals surface area contributed by atoms with Gasteiger partial charge in [0.05, 0.1) is 18.8 Å². The zero-order chi connectivity index (χ0) is 9.68. The first-order valence-corrected chi connectivity index (χ1v) is 4.38. The van der Waals surface area contributed by atoms with E-state index in [1.54, 1.807) is 0 Å². The highest BCUT2D eigenvalue weighted by molar-refractivity contribution is 4.90. The van der Waals surface area contributed by atoms with Crippen molar-refractivity contribution in [1.29, 1.82) is 0 Å². The van der Waals surface area contributed by atoms with Crippen molar-refractivity contribution in [3.63, 3.8) is 0 Å². The van der Waals surface area contributed by atoms with Crippen LogP contribution in [-0.4, -0.2) is 34.9 Å². The van der Waals surface area contributed by atoms with E-state index in [1.807, 2.05) is 20.9 Å². The smallest absolute Gasteiger partial charge is 0.143 e. The zero-order valence-electron chi connectivity index (χ0n) is 8.24. The first-order valence-electron chi connectivity index (χ1n) is 4.38. The minimum Gasteiger partial charge on any atom is -0.377 e. The van der Waals surface area contributed by atoms with Crippen molar-refractivity contribution in [2.75, 3.05) is 13.7 Å². The molecule has 1 atom stereocenters. The van der Waals surface area contributed by atoms with Gasteiger partial charge >= 0.3 is 0 Å². The number of hydrogen-bond acceptors (Lipinski definition) is 4. The Morgan fingerprint density at radius 2 is 2.38 bits per heavy atom. The van der Waals surface area contributed by atoms with Gasteiger partial charge in [0, 0.05) is 0 Å². The second-order valence-electron chi connectivity index (χ2n) is 3.09. The van der Waals surface area contributed by atoms with E-state index in [2.05, 4.69) is 20.5 Å². The van der Waals surface area contributed by atoms with Gasteiger partial charge in [-0.15, -0.1) is 0 Å². The number of nitrogens with one attached hydrogen (secondary N) is 2. The molecule has 1 unspecified atom stereocenters. The van der Waals surface area contributed by atoms with Gasteiger partial charge in [-0.05, 0) is 20.9 Å². The summed E-state index contributed by atoms with van der Waals surface area (Å²) in [6, 6.07) is 0.0879. The van der Waals surface area contributed by atoms with Crippen LogP contribution in [0.5, 0.6) is 0 Å². The number of hydrogen-bond donors (Lipinski definition) is 2. The molecule has 0 fully saturated rings. The number of aromatic nitrogens is 3. The van der Waals surface area contributed by atoms with E-state index in [0.717, 1.165) is 5.82 Å². The van der Waals surface area contributed by atoms with Gasteiger partial charge in [-0.25, -0.2) is 4.98 Å². The molecule has 1 aromatic heterocycles. The summed E-state index contributed by atoms with van der Waals surface area (Å²) in [7, 11) is 1.87. The molecule has 2 N–H and O–H groups in total. The fourth-order valence-corrected chi connectivity index (χ4v) is 0.970. The summed E-state index contributed by atoms with van der Waals surface area (Å²) in [6.07, 6.45) is 1.73. The van der Waals surface area contributed by atoms with Crippen molar-refractivity contribution in [2.24, 2.45) is 0 Å². The van der Waals surface area contributed by atoms with E-state index in [0.29, 0.717) is 6.61 Å². The van der Waals surface area contributed by atoms with E-state index in [9.17, 15) is 0 Å². The Labute approximate surface area is 77.9 Å². The summed E-state index contributed by atoms with van der Waals surface area (Å²) in [5.74, 6) is 0.808. The lowest BCUT2D eigenvalue weighted by atomic mass is 10.3. The molecule has 0 aromatic carbocycles. The van der Waals surface area contributed by atoms with Crippen molar-refractivity contribution in [3.8, 4) is 0 Å². The Hall–Kier alpha value is -0.940. The topological polar surface area (TPSA) is 62.8 Å². The molecule has 74 valence electrons. The van der Waals surface area contributed by atoms with Gasteiger partial charge < -0.3 is 10.1 Å². The van der Waals surface area contributed by atoms with Crippen LogP contribution in [0.25, 0.3) is 0 Å². The molecule has 1 heterocycles. The Bertz CT molecular complexity index is 222. The molecule has 0 amide bonds. The molecule has 0 aliphatic heterocycles. The Kier molecular flexibility index (Phi) is 3.85. The summed E-state index contributed by atoms with van der Waals surface area (Å²) >= 11 is 0. The largest absolute Gasteiger partial charge is 0.377 e. The maximum absolute atomic E-state index is 5.47. The van der Waals surface area contributed by atoms with Gasteiger partial charge in [0.1, 0.15) is 12.2 Å². The molecule has 13 heavy (non-hydrogen) atoms. The van der Waals surface area contributed by atoms with Crippen molar-refractivity contribution < 1.29 is 4.74 Å². The summed E-state index contributed by atoms with van der Waals surface area (Å²) in [6.45, 7) is 4.61. The SMILES string of the molecule is CNC(COC(C)C)c1ncn[nH]1. The van der Waals surface area contributed by atoms with Crippen molar-refractivity contribution >= 4 is 0 Å². The van der Waals surface area contributed by atoms with Crippen LogP contribution in [0, 0.1) is 0 Å². The molecule has 1 rings (SSSR count). The Balaban J connectivity index is 2.44. The van der Waals surface area contributed by atoms with Crippen molar-refractivity contribution in [1.82, 2.24) is 20.5 Å². The zero-order valence-corrected chi connectivity index (χ0v) is 8.24. The van der Waals surface area contributed by atoms with Gasteiger partial charge in [-0.3, -0.25) is 5.10 Å². The predicted molar refractivity (Wildman–Crippen MR) is 49.3 cm³/mol.